The fourth-order valence-corrected chi connectivity index (χ4v) is 4.30. The molecule has 0 N–H and O–H groups in total. The largest absolute Gasteiger partial charge is 0.333 e. The molecule has 0 radical (unpaired) electrons. The summed E-state index contributed by atoms with van der Waals surface area (Å²) in [7, 11) is 0. The molecular formula is C23H23ClN6. The standard InChI is InChI=1S/C23H23ClN6/c24-20-3-1-18(2-4-20)22-23(19-5-8-25-9-6-19)30(17-27-22)14-13-28-11-7-21(15-28)29-12-10-26-16-29/h1-6,8-10,12,16-17,21H,7,11,13-15H2. The molecule has 5 rings (SSSR count). The average Bonchev–Trinajstić information content (AvgIpc) is 3.53. The van der Waals surface area contributed by atoms with E-state index >= 15 is 0 Å². The first kappa shape index (κ1) is 19.0. The summed E-state index contributed by atoms with van der Waals surface area (Å²) in [4.78, 5) is 15.6. The van der Waals surface area contributed by atoms with Crippen molar-refractivity contribution in [2.75, 3.05) is 19.6 Å². The van der Waals surface area contributed by atoms with Crippen LogP contribution >= 0.6 is 11.6 Å². The van der Waals surface area contributed by atoms with Crippen molar-refractivity contribution < 1.29 is 0 Å². The van der Waals surface area contributed by atoms with E-state index in [1.165, 1.54) is 0 Å². The van der Waals surface area contributed by atoms with Crippen LogP contribution in [0, 0.1) is 0 Å². The predicted molar refractivity (Wildman–Crippen MR) is 118 cm³/mol. The van der Waals surface area contributed by atoms with Gasteiger partial charge in [0.2, 0.25) is 0 Å². The van der Waals surface area contributed by atoms with Crippen molar-refractivity contribution in [1.29, 1.82) is 0 Å². The van der Waals surface area contributed by atoms with E-state index in [-0.39, 0.29) is 0 Å². The summed E-state index contributed by atoms with van der Waals surface area (Å²) in [5, 5.41) is 0.727. The van der Waals surface area contributed by atoms with Crippen LogP contribution in [0.5, 0.6) is 0 Å². The van der Waals surface area contributed by atoms with Gasteiger partial charge in [-0.15, -0.1) is 0 Å². The molecule has 0 aliphatic carbocycles. The zero-order valence-electron chi connectivity index (χ0n) is 16.6. The van der Waals surface area contributed by atoms with Crippen molar-refractivity contribution >= 4 is 11.6 Å². The highest BCUT2D eigenvalue weighted by Crippen LogP contribution is 2.32. The van der Waals surface area contributed by atoms with E-state index in [0.717, 1.165) is 60.1 Å². The number of halogens is 1. The molecule has 1 unspecified atom stereocenters. The van der Waals surface area contributed by atoms with E-state index in [1.807, 2.05) is 67.6 Å². The number of aromatic nitrogens is 5. The van der Waals surface area contributed by atoms with Gasteiger partial charge in [0, 0.05) is 73.2 Å². The number of hydrogen-bond donors (Lipinski definition) is 0. The Labute approximate surface area is 180 Å². The molecule has 4 heterocycles. The highest BCUT2D eigenvalue weighted by molar-refractivity contribution is 6.30. The lowest BCUT2D eigenvalue weighted by atomic mass is 10.1. The van der Waals surface area contributed by atoms with E-state index < -0.39 is 0 Å². The number of imidazole rings is 2. The molecule has 0 spiro atoms. The van der Waals surface area contributed by atoms with E-state index in [0.29, 0.717) is 6.04 Å². The molecular weight excluding hydrogens is 396 g/mol. The van der Waals surface area contributed by atoms with Gasteiger partial charge < -0.3 is 9.13 Å². The molecule has 1 aromatic carbocycles. The fraction of sp³-hybridized carbons (Fsp3) is 0.261. The number of rotatable bonds is 6. The Morgan fingerprint density at radius 1 is 0.900 bits per heavy atom. The van der Waals surface area contributed by atoms with Crippen LogP contribution in [0.4, 0.5) is 0 Å². The number of benzene rings is 1. The van der Waals surface area contributed by atoms with E-state index in [4.69, 9.17) is 16.6 Å². The van der Waals surface area contributed by atoms with Crippen molar-refractivity contribution in [1.82, 2.24) is 29.0 Å². The second kappa shape index (κ2) is 8.42. The van der Waals surface area contributed by atoms with Gasteiger partial charge in [-0.25, -0.2) is 9.97 Å². The van der Waals surface area contributed by atoms with E-state index in [9.17, 15) is 0 Å². The van der Waals surface area contributed by atoms with Gasteiger partial charge in [-0.2, -0.15) is 0 Å². The Morgan fingerprint density at radius 3 is 2.50 bits per heavy atom. The topological polar surface area (TPSA) is 51.8 Å². The molecule has 1 aliphatic heterocycles. The summed E-state index contributed by atoms with van der Waals surface area (Å²) in [6.45, 7) is 4.03. The third-order valence-electron chi connectivity index (χ3n) is 5.76. The number of hydrogen-bond acceptors (Lipinski definition) is 4. The number of likely N-dealkylation sites (tertiary alicyclic amines) is 1. The quantitative estimate of drug-likeness (QED) is 0.465. The zero-order chi connectivity index (χ0) is 20.3. The minimum atomic E-state index is 0.514. The lowest BCUT2D eigenvalue weighted by molar-refractivity contribution is 0.309. The Hall–Kier alpha value is -2.96. The van der Waals surface area contributed by atoms with Gasteiger partial charge in [0.15, 0.2) is 0 Å². The Bertz CT molecular complexity index is 1090. The first-order valence-corrected chi connectivity index (χ1v) is 10.6. The molecule has 1 saturated heterocycles. The van der Waals surface area contributed by atoms with Crippen LogP contribution in [0.15, 0.2) is 73.8 Å². The maximum atomic E-state index is 6.09. The maximum absolute atomic E-state index is 6.09. The van der Waals surface area contributed by atoms with Crippen LogP contribution < -0.4 is 0 Å². The highest BCUT2D eigenvalue weighted by atomic mass is 35.5. The SMILES string of the molecule is Clc1ccc(-c2ncn(CCN3CCC(n4ccnc4)C3)c2-c2ccncc2)cc1. The molecule has 0 bridgehead atoms. The molecule has 1 aliphatic rings. The molecule has 30 heavy (non-hydrogen) atoms. The summed E-state index contributed by atoms with van der Waals surface area (Å²) in [6, 6.07) is 12.5. The molecule has 0 amide bonds. The van der Waals surface area contributed by atoms with Gasteiger partial charge in [0.1, 0.15) is 0 Å². The van der Waals surface area contributed by atoms with Gasteiger partial charge >= 0.3 is 0 Å². The van der Waals surface area contributed by atoms with Gasteiger partial charge in [-0.3, -0.25) is 9.88 Å². The number of nitrogens with zero attached hydrogens (tertiary/aromatic N) is 6. The van der Waals surface area contributed by atoms with Crippen LogP contribution in [0.25, 0.3) is 22.5 Å². The van der Waals surface area contributed by atoms with Crippen LogP contribution in [0.3, 0.4) is 0 Å². The summed E-state index contributed by atoms with van der Waals surface area (Å²) in [5.74, 6) is 0. The van der Waals surface area contributed by atoms with E-state index in [1.54, 1.807) is 0 Å². The van der Waals surface area contributed by atoms with Gasteiger partial charge in [0.05, 0.1) is 24.0 Å². The Kier molecular flexibility index (Phi) is 5.34. The van der Waals surface area contributed by atoms with Gasteiger partial charge in [-0.1, -0.05) is 23.7 Å². The molecule has 0 saturated carbocycles. The molecule has 4 aromatic rings. The molecule has 152 valence electrons. The van der Waals surface area contributed by atoms with Crippen molar-refractivity contribution in [3.63, 3.8) is 0 Å². The van der Waals surface area contributed by atoms with Crippen LogP contribution in [0.2, 0.25) is 5.02 Å². The van der Waals surface area contributed by atoms with Crippen molar-refractivity contribution in [3.8, 4) is 22.5 Å². The summed E-state index contributed by atoms with van der Waals surface area (Å²) >= 11 is 6.09. The van der Waals surface area contributed by atoms with Crippen LogP contribution in [0.1, 0.15) is 12.5 Å². The van der Waals surface area contributed by atoms with Crippen LogP contribution in [-0.4, -0.2) is 48.6 Å². The van der Waals surface area contributed by atoms with Crippen LogP contribution in [-0.2, 0) is 6.54 Å². The lowest BCUT2D eigenvalue weighted by Gasteiger charge is -2.18. The number of pyridine rings is 1. The van der Waals surface area contributed by atoms with Crippen molar-refractivity contribution in [2.45, 2.75) is 19.0 Å². The normalized spacial score (nSPS) is 16.9. The first-order chi connectivity index (χ1) is 14.8. The summed E-state index contributed by atoms with van der Waals surface area (Å²) < 4.78 is 4.47. The van der Waals surface area contributed by atoms with Crippen molar-refractivity contribution in [2.24, 2.45) is 0 Å². The lowest BCUT2D eigenvalue weighted by Crippen LogP contribution is -2.25. The molecule has 7 heteroatoms. The Morgan fingerprint density at radius 2 is 1.73 bits per heavy atom. The molecule has 1 fully saturated rings. The third kappa shape index (κ3) is 3.88. The maximum Gasteiger partial charge on any atom is 0.0963 e. The van der Waals surface area contributed by atoms with Crippen molar-refractivity contribution in [3.05, 3.63) is 78.9 Å². The second-order valence-corrected chi connectivity index (χ2v) is 8.07. The smallest absolute Gasteiger partial charge is 0.0963 e. The fourth-order valence-electron chi connectivity index (χ4n) is 4.18. The Balaban J connectivity index is 1.38. The average molecular weight is 419 g/mol. The zero-order valence-corrected chi connectivity index (χ0v) is 17.4. The summed E-state index contributed by atoms with van der Waals surface area (Å²) in [5.41, 5.74) is 4.26. The molecule has 3 aromatic heterocycles. The predicted octanol–water partition coefficient (Wildman–Crippen LogP) is 4.41. The molecule has 6 nitrogen and oxygen atoms in total. The summed E-state index contributed by atoms with van der Waals surface area (Å²) in [6.07, 6.45) is 12.6. The minimum absolute atomic E-state index is 0.514. The van der Waals surface area contributed by atoms with Gasteiger partial charge in [-0.05, 0) is 30.7 Å². The van der Waals surface area contributed by atoms with E-state index in [2.05, 4.69) is 30.2 Å². The first-order valence-electron chi connectivity index (χ1n) is 10.2. The monoisotopic (exact) mass is 418 g/mol. The molecule has 1 atom stereocenters. The minimum Gasteiger partial charge on any atom is -0.333 e. The van der Waals surface area contributed by atoms with Gasteiger partial charge in [0.25, 0.3) is 0 Å². The second-order valence-electron chi connectivity index (χ2n) is 7.63. The third-order valence-corrected chi connectivity index (χ3v) is 6.01. The highest BCUT2D eigenvalue weighted by Gasteiger charge is 2.23.